The number of hydrogen-bond donors (Lipinski definition) is 2. The maximum absolute atomic E-state index is 12.9. The Hall–Kier alpha value is -1.00. The standard InChI is InChI=1S/C15H23FN2O/c1-2-12(13-9-8-11(16)10-17-13)18-14-6-4-3-5-7-15(14)19/h8-10,12,14-15,18-19H,2-7H2,1H3. The first kappa shape index (κ1) is 14.4. The second-order valence-electron chi connectivity index (χ2n) is 5.34. The number of nitrogens with one attached hydrogen (secondary N) is 1. The van der Waals surface area contributed by atoms with Crippen molar-refractivity contribution in [1.29, 1.82) is 0 Å². The third kappa shape index (κ3) is 3.98. The Balaban J connectivity index is 2.03. The van der Waals surface area contributed by atoms with E-state index in [0.29, 0.717) is 0 Å². The van der Waals surface area contributed by atoms with E-state index in [1.54, 1.807) is 6.07 Å². The van der Waals surface area contributed by atoms with Crippen LogP contribution in [0.2, 0.25) is 0 Å². The normalized spacial score (nSPS) is 25.8. The van der Waals surface area contributed by atoms with Gasteiger partial charge in [0.05, 0.1) is 18.0 Å². The SMILES string of the molecule is CCC(NC1CCCCCC1O)c1ccc(F)cn1. The highest BCUT2D eigenvalue weighted by atomic mass is 19.1. The molecule has 0 aliphatic heterocycles. The van der Waals surface area contributed by atoms with Crippen LogP contribution in [0.4, 0.5) is 4.39 Å². The lowest BCUT2D eigenvalue weighted by molar-refractivity contribution is 0.113. The molecule has 1 aromatic rings. The first-order chi connectivity index (χ1) is 9.20. The number of halogens is 1. The van der Waals surface area contributed by atoms with Gasteiger partial charge in [0.1, 0.15) is 5.82 Å². The minimum Gasteiger partial charge on any atom is -0.392 e. The lowest BCUT2D eigenvalue weighted by Crippen LogP contribution is -2.41. The first-order valence-corrected chi connectivity index (χ1v) is 7.26. The van der Waals surface area contributed by atoms with Crippen molar-refractivity contribution in [1.82, 2.24) is 10.3 Å². The van der Waals surface area contributed by atoms with Crippen molar-refractivity contribution < 1.29 is 9.50 Å². The average Bonchev–Trinajstić information content (AvgIpc) is 2.62. The summed E-state index contributed by atoms with van der Waals surface area (Å²) in [6.07, 6.45) is 7.17. The summed E-state index contributed by atoms with van der Waals surface area (Å²) in [5.41, 5.74) is 0.848. The highest BCUT2D eigenvalue weighted by Gasteiger charge is 2.24. The fraction of sp³-hybridized carbons (Fsp3) is 0.667. The van der Waals surface area contributed by atoms with E-state index < -0.39 is 0 Å². The Morgan fingerprint density at radius 3 is 2.84 bits per heavy atom. The second-order valence-corrected chi connectivity index (χ2v) is 5.34. The Bertz CT molecular complexity index is 382. The topological polar surface area (TPSA) is 45.1 Å². The number of aromatic nitrogens is 1. The summed E-state index contributed by atoms with van der Waals surface area (Å²) < 4.78 is 12.9. The van der Waals surface area contributed by atoms with Gasteiger partial charge in [0, 0.05) is 12.1 Å². The van der Waals surface area contributed by atoms with E-state index in [9.17, 15) is 9.50 Å². The quantitative estimate of drug-likeness (QED) is 0.824. The van der Waals surface area contributed by atoms with Crippen LogP contribution in [0.1, 0.15) is 57.2 Å². The van der Waals surface area contributed by atoms with Crippen LogP contribution in [0.3, 0.4) is 0 Å². The zero-order valence-corrected chi connectivity index (χ0v) is 11.5. The van der Waals surface area contributed by atoms with E-state index in [2.05, 4.69) is 17.2 Å². The molecule has 2 N–H and O–H groups in total. The van der Waals surface area contributed by atoms with Gasteiger partial charge in [-0.3, -0.25) is 4.98 Å². The molecular weight excluding hydrogens is 243 g/mol. The van der Waals surface area contributed by atoms with Crippen molar-refractivity contribution in [2.45, 2.75) is 63.6 Å². The Kier molecular flexibility index (Phi) is 5.28. The number of nitrogens with zero attached hydrogens (tertiary/aromatic N) is 1. The van der Waals surface area contributed by atoms with E-state index in [4.69, 9.17) is 0 Å². The van der Waals surface area contributed by atoms with Crippen molar-refractivity contribution in [3.8, 4) is 0 Å². The van der Waals surface area contributed by atoms with E-state index >= 15 is 0 Å². The molecule has 0 bridgehead atoms. The molecular formula is C15H23FN2O. The fourth-order valence-electron chi connectivity index (χ4n) is 2.75. The van der Waals surface area contributed by atoms with Gasteiger partial charge in [0.2, 0.25) is 0 Å². The number of aliphatic hydroxyl groups excluding tert-OH is 1. The molecule has 0 amide bonds. The van der Waals surface area contributed by atoms with E-state index in [1.807, 2.05) is 0 Å². The van der Waals surface area contributed by atoms with Gasteiger partial charge in [0.15, 0.2) is 0 Å². The molecule has 0 radical (unpaired) electrons. The van der Waals surface area contributed by atoms with Gasteiger partial charge < -0.3 is 10.4 Å². The van der Waals surface area contributed by atoms with E-state index in [-0.39, 0.29) is 24.0 Å². The Morgan fingerprint density at radius 2 is 2.16 bits per heavy atom. The third-order valence-electron chi connectivity index (χ3n) is 3.91. The number of hydrogen-bond acceptors (Lipinski definition) is 3. The zero-order valence-electron chi connectivity index (χ0n) is 11.5. The molecule has 19 heavy (non-hydrogen) atoms. The van der Waals surface area contributed by atoms with Crippen LogP contribution in [-0.4, -0.2) is 22.2 Å². The predicted molar refractivity (Wildman–Crippen MR) is 73.2 cm³/mol. The van der Waals surface area contributed by atoms with Crippen LogP contribution >= 0.6 is 0 Å². The van der Waals surface area contributed by atoms with Gasteiger partial charge >= 0.3 is 0 Å². The fourth-order valence-corrected chi connectivity index (χ4v) is 2.75. The van der Waals surface area contributed by atoms with Gasteiger partial charge in [-0.05, 0) is 31.4 Å². The van der Waals surface area contributed by atoms with Crippen molar-refractivity contribution in [2.75, 3.05) is 0 Å². The molecule has 3 unspecified atom stereocenters. The smallest absolute Gasteiger partial charge is 0.141 e. The van der Waals surface area contributed by atoms with Crippen molar-refractivity contribution >= 4 is 0 Å². The predicted octanol–water partition coefficient (Wildman–Crippen LogP) is 2.96. The highest BCUT2D eigenvalue weighted by molar-refractivity contribution is 5.10. The molecule has 106 valence electrons. The lowest BCUT2D eigenvalue weighted by atomic mass is 10.0. The van der Waals surface area contributed by atoms with Gasteiger partial charge in [-0.2, -0.15) is 0 Å². The molecule has 3 nitrogen and oxygen atoms in total. The zero-order chi connectivity index (χ0) is 13.7. The van der Waals surface area contributed by atoms with Crippen LogP contribution in [0, 0.1) is 5.82 Å². The summed E-state index contributed by atoms with van der Waals surface area (Å²) in [4.78, 5) is 4.14. The minimum absolute atomic E-state index is 0.0818. The molecule has 1 saturated carbocycles. The monoisotopic (exact) mass is 266 g/mol. The molecule has 1 aliphatic carbocycles. The van der Waals surface area contributed by atoms with Crippen LogP contribution in [-0.2, 0) is 0 Å². The molecule has 0 saturated heterocycles. The maximum atomic E-state index is 12.9. The average molecular weight is 266 g/mol. The molecule has 1 aliphatic rings. The summed E-state index contributed by atoms with van der Waals surface area (Å²) >= 11 is 0. The van der Waals surface area contributed by atoms with Crippen LogP contribution in [0.15, 0.2) is 18.3 Å². The molecule has 1 fully saturated rings. The summed E-state index contributed by atoms with van der Waals surface area (Å²) in [6.45, 7) is 2.08. The number of aliphatic hydroxyl groups is 1. The van der Waals surface area contributed by atoms with Gasteiger partial charge in [-0.15, -0.1) is 0 Å². The molecule has 2 rings (SSSR count). The molecule has 0 spiro atoms. The number of rotatable bonds is 4. The van der Waals surface area contributed by atoms with Crippen LogP contribution in [0.25, 0.3) is 0 Å². The maximum Gasteiger partial charge on any atom is 0.141 e. The largest absolute Gasteiger partial charge is 0.392 e. The van der Waals surface area contributed by atoms with E-state index in [1.165, 1.54) is 18.7 Å². The third-order valence-corrected chi connectivity index (χ3v) is 3.91. The van der Waals surface area contributed by atoms with Crippen molar-refractivity contribution in [3.05, 3.63) is 29.8 Å². The van der Waals surface area contributed by atoms with Crippen molar-refractivity contribution in [3.63, 3.8) is 0 Å². The summed E-state index contributed by atoms with van der Waals surface area (Å²) in [5, 5.41) is 13.6. The molecule has 0 aromatic carbocycles. The summed E-state index contributed by atoms with van der Waals surface area (Å²) in [7, 11) is 0. The molecule has 1 aromatic heterocycles. The Labute approximate surface area is 114 Å². The number of pyridine rings is 1. The van der Waals surface area contributed by atoms with Gasteiger partial charge in [-0.25, -0.2) is 4.39 Å². The van der Waals surface area contributed by atoms with Crippen LogP contribution < -0.4 is 5.32 Å². The highest BCUT2D eigenvalue weighted by Crippen LogP contribution is 2.22. The van der Waals surface area contributed by atoms with Gasteiger partial charge in [-0.1, -0.05) is 26.2 Å². The molecule has 1 heterocycles. The molecule has 3 atom stereocenters. The van der Waals surface area contributed by atoms with Crippen LogP contribution in [0.5, 0.6) is 0 Å². The molecule has 4 heteroatoms. The van der Waals surface area contributed by atoms with Crippen molar-refractivity contribution in [2.24, 2.45) is 0 Å². The lowest BCUT2D eigenvalue weighted by Gasteiger charge is -2.27. The van der Waals surface area contributed by atoms with Gasteiger partial charge in [0.25, 0.3) is 0 Å². The summed E-state index contributed by atoms with van der Waals surface area (Å²) in [6, 6.07) is 3.37. The second kappa shape index (κ2) is 6.96. The summed E-state index contributed by atoms with van der Waals surface area (Å²) in [5.74, 6) is -0.312. The Morgan fingerprint density at radius 1 is 1.37 bits per heavy atom. The van der Waals surface area contributed by atoms with E-state index in [0.717, 1.165) is 37.8 Å². The first-order valence-electron chi connectivity index (χ1n) is 7.26. The minimum atomic E-state index is -0.312.